The lowest BCUT2D eigenvalue weighted by Gasteiger charge is -2.21. The first kappa shape index (κ1) is 20.7. The first-order valence-electron chi connectivity index (χ1n) is 9.91. The molecule has 0 fully saturated rings. The van der Waals surface area contributed by atoms with Crippen molar-refractivity contribution in [1.29, 1.82) is 0 Å². The van der Waals surface area contributed by atoms with Crippen molar-refractivity contribution in [3.8, 4) is 0 Å². The summed E-state index contributed by atoms with van der Waals surface area (Å²) in [5.74, 6) is -0.0281. The van der Waals surface area contributed by atoms with Gasteiger partial charge in [0.05, 0.1) is 28.1 Å². The number of aromatic nitrogens is 2. The van der Waals surface area contributed by atoms with Crippen LogP contribution in [0, 0.1) is 0 Å². The Morgan fingerprint density at radius 2 is 1.80 bits per heavy atom. The molecule has 154 valence electrons. The molecule has 2 aromatic carbocycles. The third kappa shape index (κ3) is 4.43. The molecule has 0 saturated heterocycles. The quantitative estimate of drug-likeness (QED) is 0.377. The molecule has 1 amide bonds. The van der Waals surface area contributed by atoms with Crippen molar-refractivity contribution in [3.05, 3.63) is 70.2 Å². The van der Waals surface area contributed by atoms with Crippen LogP contribution < -0.4 is 4.90 Å². The van der Waals surface area contributed by atoms with Crippen LogP contribution in [0.1, 0.15) is 30.1 Å². The van der Waals surface area contributed by atoms with E-state index in [1.165, 1.54) is 16.0 Å². The molecule has 0 unspecified atom stereocenters. The van der Waals surface area contributed by atoms with Crippen LogP contribution in [-0.2, 0) is 24.3 Å². The van der Waals surface area contributed by atoms with E-state index in [0.29, 0.717) is 11.7 Å². The second-order valence-corrected chi connectivity index (χ2v) is 9.16. The molecule has 7 heteroatoms. The SMILES string of the molecule is CCc1ccccc1N(C(C)=O)c1nc(CN(C)Cc2nc3ccccc3s2)cs1. The molecule has 0 radical (unpaired) electrons. The molecule has 30 heavy (non-hydrogen) atoms. The number of nitrogens with zero attached hydrogens (tertiary/aromatic N) is 4. The Labute approximate surface area is 184 Å². The Morgan fingerprint density at radius 3 is 2.57 bits per heavy atom. The topological polar surface area (TPSA) is 49.3 Å². The van der Waals surface area contributed by atoms with Crippen molar-refractivity contribution in [3.63, 3.8) is 0 Å². The lowest BCUT2D eigenvalue weighted by atomic mass is 10.1. The molecule has 4 aromatic rings. The highest BCUT2D eigenvalue weighted by Gasteiger charge is 2.20. The summed E-state index contributed by atoms with van der Waals surface area (Å²) in [6.45, 7) is 5.16. The molecule has 2 heterocycles. The molecule has 0 bridgehead atoms. The number of amides is 1. The van der Waals surface area contributed by atoms with Crippen molar-refractivity contribution >= 4 is 49.6 Å². The van der Waals surface area contributed by atoms with Gasteiger partial charge in [-0.3, -0.25) is 14.6 Å². The average molecular weight is 437 g/mol. The van der Waals surface area contributed by atoms with Crippen molar-refractivity contribution < 1.29 is 4.79 Å². The molecule has 0 saturated carbocycles. The number of anilines is 2. The smallest absolute Gasteiger partial charge is 0.230 e. The zero-order valence-electron chi connectivity index (χ0n) is 17.3. The first-order valence-corrected chi connectivity index (χ1v) is 11.6. The molecule has 0 N–H and O–H groups in total. The highest BCUT2D eigenvalue weighted by molar-refractivity contribution is 7.18. The third-order valence-corrected chi connectivity index (χ3v) is 6.73. The minimum Gasteiger partial charge on any atom is -0.294 e. The minimum atomic E-state index is -0.0281. The number of carbonyl (C=O) groups is 1. The van der Waals surface area contributed by atoms with E-state index in [9.17, 15) is 4.79 Å². The van der Waals surface area contributed by atoms with E-state index in [1.54, 1.807) is 23.2 Å². The van der Waals surface area contributed by atoms with E-state index in [4.69, 9.17) is 9.97 Å². The minimum absolute atomic E-state index is 0.0281. The molecule has 0 aliphatic heterocycles. The second-order valence-electron chi connectivity index (χ2n) is 7.21. The Kier molecular flexibility index (Phi) is 6.22. The monoisotopic (exact) mass is 436 g/mol. The largest absolute Gasteiger partial charge is 0.294 e. The number of hydrogen-bond donors (Lipinski definition) is 0. The Bertz CT molecular complexity index is 1130. The maximum absolute atomic E-state index is 12.4. The van der Waals surface area contributed by atoms with Gasteiger partial charge in [-0.25, -0.2) is 9.97 Å². The van der Waals surface area contributed by atoms with E-state index < -0.39 is 0 Å². The molecular formula is C23H24N4OS2. The van der Waals surface area contributed by atoms with Crippen LogP contribution in [0.4, 0.5) is 10.8 Å². The fourth-order valence-electron chi connectivity index (χ4n) is 3.46. The van der Waals surface area contributed by atoms with Crippen LogP contribution in [0.2, 0.25) is 0 Å². The van der Waals surface area contributed by atoms with Gasteiger partial charge in [0.1, 0.15) is 5.01 Å². The standard InChI is InChI=1S/C23H24N4OS2/c1-4-17-9-5-7-11-20(17)27(16(2)28)23-24-18(15-29-23)13-26(3)14-22-25-19-10-6-8-12-21(19)30-22/h5-12,15H,4,13-14H2,1-3H3. The summed E-state index contributed by atoms with van der Waals surface area (Å²) in [4.78, 5) is 25.9. The van der Waals surface area contributed by atoms with Crippen LogP contribution in [0.15, 0.2) is 53.9 Å². The molecule has 2 aromatic heterocycles. The number of rotatable bonds is 7. The lowest BCUT2D eigenvalue weighted by Crippen LogP contribution is -2.24. The van der Waals surface area contributed by atoms with E-state index in [1.807, 2.05) is 41.8 Å². The van der Waals surface area contributed by atoms with Crippen LogP contribution in [0.5, 0.6) is 0 Å². The van der Waals surface area contributed by atoms with Crippen LogP contribution in [-0.4, -0.2) is 27.8 Å². The van der Waals surface area contributed by atoms with Gasteiger partial charge in [-0.15, -0.1) is 22.7 Å². The second kappa shape index (κ2) is 9.04. The van der Waals surface area contributed by atoms with Gasteiger partial charge < -0.3 is 0 Å². The highest BCUT2D eigenvalue weighted by Crippen LogP contribution is 2.32. The number of thiazole rings is 2. The van der Waals surface area contributed by atoms with Gasteiger partial charge in [-0.2, -0.15) is 0 Å². The van der Waals surface area contributed by atoms with Gasteiger partial charge in [0, 0.05) is 18.8 Å². The number of hydrogen-bond acceptors (Lipinski definition) is 6. The number of aryl methyl sites for hydroxylation is 1. The van der Waals surface area contributed by atoms with E-state index in [0.717, 1.165) is 40.4 Å². The fourth-order valence-corrected chi connectivity index (χ4v) is 5.38. The number of para-hydroxylation sites is 2. The predicted molar refractivity (Wildman–Crippen MR) is 126 cm³/mol. The lowest BCUT2D eigenvalue weighted by molar-refractivity contribution is -0.115. The highest BCUT2D eigenvalue weighted by atomic mass is 32.1. The summed E-state index contributed by atoms with van der Waals surface area (Å²) in [5.41, 5.74) is 4.06. The Morgan fingerprint density at radius 1 is 1.03 bits per heavy atom. The normalized spacial score (nSPS) is 11.3. The van der Waals surface area contributed by atoms with Crippen LogP contribution in [0.3, 0.4) is 0 Å². The summed E-state index contributed by atoms with van der Waals surface area (Å²) in [7, 11) is 2.07. The molecule has 0 aliphatic rings. The number of fused-ring (bicyclic) bond motifs is 1. The van der Waals surface area contributed by atoms with Crippen molar-refractivity contribution in [2.45, 2.75) is 33.4 Å². The molecular weight excluding hydrogens is 412 g/mol. The van der Waals surface area contributed by atoms with E-state index in [-0.39, 0.29) is 5.91 Å². The zero-order valence-corrected chi connectivity index (χ0v) is 19.0. The molecule has 5 nitrogen and oxygen atoms in total. The van der Waals surface area contributed by atoms with Gasteiger partial charge in [-0.05, 0) is 37.2 Å². The number of carbonyl (C=O) groups excluding carboxylic acids is 1. The zero-order chi connectivity index (χ0) is 21.1. The average Bonchev–Trinajstić information content (AvgIpc) is 3.34. The Hall–Kier alpha value is -2.61. The van der Waals surface area contributed by atoms with E-state index >= 15 is 0 Å². The third-order valence-electron chi connectivity index (χ3n) is 4.83. The summed E-state index contributed by atoms with van der Waals surface area (Å²) in [6.07, 6.45) is 0.864. The fraction of sp³-hybridized carbons (Fsp3) is 0.261. The first-order chi connectivity index (χ1) is 14.5. The van der Waals surface area contributed by atoms with Gasteiger partial charge in [0.2, 0.25) is 5.91 Å². The predicted octanol–water partition coefficient (Wildman–Crippen LogP) is 5.63. The summed E-state index contributed by atoms with van der Waals surface area (Å²) in [5, 5.41) is 3.84. The van der Waals surface area contributed by atoms with Crippen molar-refractivity contribution in [2.24, 2.45) is 0 Å². The van der Waals surface area contributed by atoms with Crippen molar-refractivity contribution in [1.82, 2.24) is 14.9 Å². The van der Waals surface area contributed by atoms with Crippen molar-refractivity contribution in [2.75, 3.05) is 11.9 Å². The summed E-state index contributed by atoms with van der Waals surface area (Å²) in [6, 6.07) is 16.2. The van der Waals surface area contributed by atoms with Gasteiger partial charge in [0.25, 0.3) is 0 Å². The van der Waals surface area contributed by atoms with E-state index in [2.05, 4.69) is 31.0 Å². The Balaban J connectivity index is 1.50. The van der Waals surface area contributed by atoms with Gasteiger partial charge >= 0.3 is 0 Å². The summed E-state index contributed by atoms with van der Waals surface area (Å²) < 4.78 is 1.21. The molecule has 0 atom stereocenters. The van der Waals surface area contributed by atoms with Crippen LogP contribution in [0.25, 0.3) is 10.2 Å². The maximum Gasteiger partial charge on any atom is 0.230 e. The molecule has 4 rings (SSSR count). The van der Waals surface area contributed by atoms with Crippen LogP contribution >= 0.6 is 22.7 Å². The molecule has 0 aliphatic carbocycles. The summed E-state index contributed by atoms with van der Waals surface area (Å²) >= 11 is 3.23. The maximum atomic E-state index is 12.4. The number of benzene rings is 2. The molecule has 0 spiro atoms. The van der Waals surface area contributed by atoms with Gasteiger partial charge in [0.15, 0.2) is 5.13 Å². The van der Waals surface area contributed by atoms with Gasteiger partial charge in [-0.1, -0.05) is 37.3 Å².